The number of sulfonamides is 1. The second-order valence-electron chi connectivity index (χ2n) is 5.56. The highest BCUT2D eigenvalue weighted by Gasteiger charge is 2.14. The lowest BCUT2D eigenvalue weighted by Gasteiger charge is -2.09. The van der Waals surface area contributed by atoms with Crippen LogP contribution in [0.25, 0.3) is 0 Å². The summed E-state index contributed by atoms with van der Waals surface area (Å²) in [5, 5.41) is 2.68. The van der Waals surface area contributed by atoms with E-state index >= 15 is 0 Å². The molecule has 2 N–H and O–H groups in total. The normalized spacial score (nSPS) is 10.4. The summed E-state index contributed by atoms with van der Waals surface area (Å²) >= 11 is 0. The summed E-state index contributed by atoms with van der Waals surface area (Å²) in [5.74, 6) is -0.185. The summed E-state index contributed by atoms with van der Waals surface area (Å²) in [5.41, 5.74) is 1.89. The van der Waals surface area contributed by atoms with Gasteiger partial charge in [0.2, 0.25) is 0 Å². The second-order valence-corrected chi connectivity index (χ2v) is 7.24. The number of hydrogen-bond acceptors (Lipinski definition) is 3. The summed E-state index contributed by atoms with van der Waals surface area (Å²) in [4.78, 5) is 11.8. The van der Waals surface area contributed by atoms with Crippen LogP contribution in [0.2, 0.25) is 0 Å². The minimum absolute atomic E-state index is 0.185. The monoisotopic (exact) mass is 362 g/mol. The largest absolute Gasteiger partial charge is 0.352 e. The van der Waals surface area contributed by atoms with E-state index in [9.17, 15) is 13.2 Å². The maximum absolute atomic E-state index is 12.2. The van der Waals surface area contributed by atoms with E-state index in [0.29, 0.717) is 17.8 Å². The zero-order valence-electron chi connectivity index (χ0n) is 15.2. The van der Waals surface area contributed by atoms with Gasteiger partial charge in [0, 0.05) is 17.8 Å². The van der Waals surface area contributed by atoms with Gasteiger partial charge in [-0.3, -0.25) is 9.52 Å². The average molecular weight is 362 g/mol. The summed E-state index contributed by atoms with van der Waals surface area (Å²) in [6.45, 7) is 8.52. The zero-order chi connectivity index (χ0) is 18.9. The van der Waals surface area contributed by atoms with Crippen molar-refractivity contribution in [3.8, 4) is 0 Å². The quantitative estimate of drug-likeness (QED) is 0.845. The summed E-state index contributed by atoms with van der Waals surface area (Å²) in [6, 6.07) is 12.9. The van der Waals surface area contributed by atoms with Crippen molar-refractivity contribution in [3.05, 3.63) is 59.7 Å². The highest BCUT2D eigenvalue weighted by molar-refractivity contribution is 7.92. The molecule has 2 rings (SSSR count). The standard InChI is InChI=1S/C16H18N2O3S.C3H8/c1-3-17-16(19)13-6-8-14(9-7-13)18-22(20,21)15-10-4-12(2)5-11-15;1-3-2/h4-11,18H,3H2,1-2H3,(H,17,19);3H2,1-2H3. The molecule has 6 heteroatoms. The van der Waals surface area contributed by atoms with E-state index < -0.39 is 10.0 Å². The molecule has 2 aromatic carbocycles. The molecule has 0 heterocycles. The molecule has 0 aliphatic carbocycles. The van der Waals surface area contributed by atoms with Crippen molar-refractivity contribution in [2.45, 2.75) is 39.0 Å². The fourth-order valence-corrected chi connectivity index (χ4v) is 2.94. The van der Waals surface area contributed by atoms with Crippen molar-refractivity contribution >= 4 is 21.6 Å². The molecule has 25 heavy (non-hydrogen) atoms. The molecular formula is C19H26N2O3S. The van der Waals surface area contributed by atoms with Gasteiger partial charge in [0.25, 0.3) is 15.9 Å². The molecule has 0 bridgehead atoms. The van der Waals surface area contributed by atoms with Crippen LogP contribution in [-0.4, -0.2) is 20.9 Å². The Hall–Kier alpha value is -2.34. The first-order valence-corrected chi connectivity index (χ1v) is 9.80. The Balaban J connectivity index is 0.000000970. The molecule has 0 saturated heterocycles. The van der Waals surface area contributed by atoms with Gasteiger partial charge in [-0.25, -0.2) is 8.42 Å². The molecule has 0 aliphatic heterocycles. The molecule has 0 saturated carbocycles. The minimum atomic E-state index is -3.62. The Morgan fingerprint density at radius 2 is 1.44 bits per heavy atom. The number of carbonyl (C=O) groups is 1. The number of amides is 1. The highest BCUT2D eigenvalue weighted by Crippen LogP contribution is 2.17. The van der Waals surface area contributed by atoms with Crippen LogP contribution in [-0.2, 0) is 10.0 Å². The SMILES string of the molecule is CCC.CCNC(=O)c1ccc(NS(=O)(=O)c2ccc(C)cc2)cc1. The first-order chi connectivity index (χ1) is 11.8. The van der Waals surface area contributed by atoms with Crippen molar-refractivity contribution < 1.29 is 13.2 Å². The van der Waals surface area contributed by atoms with Crippen LogP contribution in [0.15, 0.2) is 53.4 Å². The van der Waals surface area contributed by atoms with Crippen LogP contribution in [0, 0.1) is 6.92 Å². The first-order valence-electron chi connectivity index (χ1n) is 8.31. The van der Waals surface area contributed by atoms with Crippen LogP contribution in [0.3, 0.4) is 0 Å². The minimum Gasteiger partial charge on any atom is -0.352 e. The van der Waals surface area contributed by atoms with Crippen LogP contribution in [0.5, 0.6) is 0 Å². The molecule has 2 aromatic rings. The van der Waals surface area contributed by atoms with E-state index in [1.165, 1.54) is 6.42 Å². The van der Waals surface area contributed by atoms with Crippen molar-refractivity contribution in [2.24, 2.45) is 0 Å². The molecule has 0 aromatic heterocycles. The smallest absolute Gasteiger partial charge is 0.261 e. The van der Waals surface area contributed by atoms with Crippen LogP contribution in [0.4, 0.5) is 5.69 Å². The number of hydrogen-bond donors (Lipinski definition) is 2. The number of benzene rings is 2. The van der Waals surface area contributed by atoms with E-state index in [4.69, 9.17) is 0 Å². The van der Waals surface area contributed by atoms with E-state index in [1.807, 2.05) is 13.8 Å². The predicted octanol–water partition coefficient (Wildman–Crippen LogP) is 3.96. The number of aryl methyl sites for hydroxylation is 1. The van der Waals surface area contributed by atoms with Crippen LogP contribution in [0.1, 0.15) is 43.1 Å². The molecule has 0 atom stereocenters. The molecule has 0 unspecified atom stereocenters. The fraction of sp³-hybridized carbons (Fsp3) is 0.316. The van der Waals surface area contributed by atoms with Crippen LogP contribution < -0.4 is 10.0 Å². The Bertz CT molecular complexity index is 767. The fourth-order valence-electron chi connectivity index (χ4n) is 1.88. The third-order valence-electron chi connectivity index (χ3n) is 3.07. The average Bonchev–Trinajstić information content (AvgIpc) is 2.56. The molecule has 0 radical (unpaired) electrons. The lowest BCUT2D eigenvalue weighted by Crippen LogP contribution is -2.22. The van der Waals surface area contributed by atoms with Gasteiger partial charge in [0.05, 0.1) is 4.90 Å². The van der Waals surface area contributed by atoms with Crippen LogP contribution >= 0.6 is 0 Å². The first kappa shape index (κ1) is 20.7. The third kappa shape index (κ3) is 6.58. The molecule has 0 aliphatic rings. The van der Waals surface area contributed by atoms with Crippen molar-refractivity contribution in [2.75, 3.05) is 11.3 Å². The number of carbonyl (C=O) groups excluding carboxylic acids is 1. The topological polar surface area (TPSA) is 75.3 Å². The maximum Gasteiger partial charge on any atom is 0.261 e. The number of anilines is 1. The predicted molar refractivity (Wildman–Crippen MR) is 102 cm³/mol. The molecule has 0 fully saturated rings. The van der Waals surface area contributed by atoms with Crippen molar-refractivity contribution in [1.82, 2.24) is 5.32 Å². The second kappa shape index (κ2) is 9.84. The third-order valence-corrected chi connectivity index (χ3v) is 4.47. The molecule has 0 spiro atoms. The van der Waals surface area contributed by atoms with Crippen molar-refractivity contribution in [1.29, 1.82) is 0 Å². The number of rotatable bonds is 5. The van der Waals surface area contributed by atoms with Gasteiger partial charge in [-0.2, -0.15) is 0 Å². The lowest BCUT2D eigenvalue weighted by atomic mass is 10.2. The number of nitrogens with one attached hydrogen (secondary N) is 2. The van der Waals surface area contributed by atoms with E-state index in [0.717, 1.165) is 5.56 Å². The van der Waals surface area contributed by atoms with Gasteiger partial charge in [-0.15, -0.1) is 0 Å². The molecular weight excluding hydrogens is 336 g/mol. The van der Waals surface area contributed by atoms with Gasteiger partial charge in [0.1, 0.15) is 0 Å². The molecule has 136 valence electrons. The van der Waals surface area contributed by atoms with Gasteiger partial charge in [-0.1, -0.05) is 38.0 Å². The Labute approximate surface area is 150 Å². The van der Waals surface area contributed by atoms with E-state index in [-0.39, 0.29) is 10.8 Å². The summed E-state index contributed by atoms with van der Waals surface area (Å²) in [7, 11) is -3.62. The van der Waals surface area contributed by atoms with Gasteiger partial charge < -0.3 is 5.32 Å². The van der Waals surface area contributed by atoms with Gasteiger partial charge in [0.15, 0.2) is 0 Å². The van der Waals surface area contributed by atoms with Gasteiger partial charge in [-0.05, 0) is 50.2 Å². The molecule has 1 amide bonds. The summed E-state index contributed by atoms with van der Waals surface area (Å²) < 4.78 is 27.0. The Morgan fingerprint density at radius 1 is 0.920 bits per heavy atom. The lowest BCUT2D eigenvalue weighted by molar-refractivity contribution is 0.0956. The van der Waals surface area contributed by atoms with Gasteiger partial charge >= 0.3 is 0 Å². The summed E-state index contributed by atoms with van der Waals surface area (Å²) in [6.07, 6.45) is 1.25. The van der Waals surface area contributed by atoms with E-state index in [2.05, 4.69) is 23.9 Å². The van der Waals surface area contributed by atoms with E-state index in [1.54, 1.807) is 48.5 Å². The Morgan fingerprint density at radius 3 is 1.92 bits per heavy atom. The Kier molecular flexibility index (Phi) is 8.15. The molecule has 5 nitrogen and oxygen atoms in total. The zero-order valence-corrected chi connectivity index (χ0v) is 16.0. The maximum atomic E-state index is 12.2. The van der Waals surface area contributed by atoms with Crippen molar-refractivity contribution in [3.63, 3.8) is 0 Å². The highest BCUT2D eigenvalue weighted by atomic mass is 32.2.